The lowest BCUT2D eigenvalue weighted by Gasteiger charge is -2.17. The minimum Gasteiger partial charge on any atom is -0.374 e. The van der Waals surface area contributed by atoms with Crippen LogP contribution in [0.3, 0.4) is 0 Å². The molecule has 0 aromatic rings. The molecule has 0 aliphatic carbocycles. The fraction of sp³-hybridized carbons (Fsp3) is 0.889. The number of nitrogens with zero attached hydrogens (tertiary/aromatic N) is 1. The molecule has 2 atom stereocenters. The maximum atomic E-state index is 7.33. The second kappa shape index (κ2) is 5.17. The maximum Gasteiger partial charge on any atom is 0.188 e. The number of nitrogens with two attached hydrogens (primary N) is 1. The maximum absolute atomic E-state index is 7.33. The molecule has 0 aromatic heterocycles. The Bertz CT molecular complexity index is 184. The van der Waals surface area contributed by atoms with Crippen LogP contribution >= 0.6 is 0 Å². The van der Waals surface area contributed by atoms with Crippen molar-refractivity contribution in [3.63, 3.8) is 0 Å². The molecule has 1 fully saturated rings. The molecule has 0 bridgehead atoms. The predicted molar refractivity (Wildman–Crippen MR) is 54.3 cm³/mol. The van der Waals surface area contributed by atoms with Gasteiger partial charge in [-0.1, -0.05) is 0 Å². The first kappa shape index (κ1) is 11.3. The second-order valence-electron chi connectivity index (χ2n) is 3.28. The molecule has 0 saturated carbocycles. The molecule has 5 nitrogen and oxygen atoms in total. The van der Waals surface area contributed by atoms with E-state index in [0.717, 1.165) is 0 Å². The van der Waals surface area contributed by atoms with Crippen LogP contribution < -0.4 is 5.73 Å². The summed E-state index contributed by atoms with van der Waals surface area (Å²) in [4.78, 5) is 1.78. The van der Waals surface area contributed by atoms with Crippen molar-refractivity contribution in [2.24, 2.45) is 5.73 Å². The molecule has 0 spiro atoms. The second-order valence-corrected chi connectivity index (χ2v) is 3.28. The Kier molecular flexibility index (Phi) is 4.16. The van der Waals surface area contributed by atoms with Crippen LogP contribution in [0.5, 0.6) is 0 Å². The molecule has 3 N–H and O–H groups in total. The molecular weight excluding hydrogens is 182 g/mol. The molecular formula is C9H19N3O2. The predicted octanol–water partition coefficient (Wildman–Crippen LogP) is 0.00567. The smallest absolute Gasteiger partial charge is 0.188 e. The van der Waals surface area contributed by atoms with E-state index in [1.54, 1.807) is 4.90 Å². The van der Waals surface area contributed by atoms with Crippen molar-refractivity contribution in [3.8, 4) is 0 Å². The third-order valence-corrected chi connectivity index (χ3v) is 2.32. The molecule has 82 valence electrons. The van der Waals surface area contributed by atoms with Gasteiger partial charge in [0.1, 0.15) is 12.2 Å². The van der Waals surface area contributed by atoms with E-state index in [1.807, 2.05) is 13.8 Å². The van der Waals surface area contributed by atoms with Crippen LogP contribution in [-0.2, 0) is 9.47 Å². The van der Waals surface area contributed by atoms with E-state index >= 15 is 0 Å². The fourth-order valence-electron chi connectivity index (χ4n) is 1.69. The molecule has 0 amide bonds. The van der Waals surface area contributed by atoms with Gasteiger partial charge >= 0.3 is 0 Å². The average molecular weight is 201 g/mol. The number of hydrogen-bond acceptors (Lipinski definition) is 3. The van der Waals surface area contributed by atoms with E-state index in [0.29, 0.717) is 26.3 Å². The zero-order chi connectivity index (χ0) is 10.6. The van der Waals surface area contributed by atoms with Crippen LogP contribution in [0.25, 0.3) is 0 Å². The van der Waals surface area contributed by atoms with Crippen molar-refractivity contribution < 1.29 is 9.47 Å². The van der Waals surface area contributed by atoms with Gasteiger partial charge < -0.3 is 20.1 Å². The van der Waals surface area contributed by atoms with Gasteiger partial charge in [-0.15, -0.1) is 0 Å². The summed E-state index contributed by atoms with van der Waals surface area (Å²) in [6.45, 7) is 6.57. The average Bonchev–Trinajstić information content (AvgIpc) is 2.50. The lowest BCUT2D eigenvalue weighted by Crippen LogP contribution is -2.35. The summed E-state index contributed by atoms with van der Waals surface area (Å²) in [7, 11) is 0. The third kappa shape index (κ3) is 2.59. The van der Waals surface area contributed by atoms with Gasteiger partial charge in [-0.2, -0.15) is 0 Å². The molecule has 1 heterocycles. The van der Waals surface area contributed by atoms with E-state index in [1.165, 1.54) is 0 Å². The number of rotatable bonds is 4. The number of hydrogen-bond donors (Lipinski definition) is 2. The summed E-state index contributed by atoms with van der Waals surface area (Å²) >= 11 is 0. The van der Waals surface area contributed by atoms with Gasteiger partial charge in [0.05, 0.1) is 0 Å². The van der Waals surface area contributed by atoms with Crippen LogP contribution in [0.2, 0.25) is 0 Å². The van der Waals surface area contributed by atoms with Gasteiger partial charge in [0.25, 0.3) is 0 Å². The summed E-state index contributed by atoms with van der Waals surface area (Å²) in [6, 6.07) is 0. The van der Waals surface area contributed by atoms with Crippen LogP contribution in [-0.4, -0.2) is 49.4 Å². The molecule has 1 saturated heterocycles. The van der Waals surface area contributed by atoms with Gasteiger partial charge in [0.2, 0.25) is 0 Å². The Hall–Kier alpha value is -0.810. The van der Waals surface area contributed by atoms with E-state index in [2.05, 4.69) is 0 Å². The highest BCUT2D eigenvalue weighted by molar-refractivity contribution is 5.75. The summed E-state index contributed by atoms with van der Waals surface area (Å²) < 4.78 is 11.1. The highest BCUT2D eigenvalue weighted by Crippen LogP contribution is 2.16. The van der Waals surface area contributed by atoms with Crippen LogP contribution in [0.1, 0.15) is 13.8 Å². The Labute approximate surface area is 84.7 Å². The summed E-state index contributed by atoms with van der Waals surface area (Å²) in [5, 5.41) is 7.33. The van der Waals surface area contributed by atoms with E-state index in [-0.39, 0.29) is 18.2 Å². The van der Waals surface area contributed by atoms with Gasteiger partial charge in [0, 0.05) is 26.3 Å². The topological polar surface area (TPSA) is 71.6 Å². The van der Waals surface area contributed by atoms with Crippen LogP contribution in [0.15, 0.2) is 0 Å². The minimum absolute atomic E-state index is 0.0452. The Morgan fingerprint density at radius 1 is 1.29 bits per heavy atom. The molecule has 1 aliphatic heterocycles. The number of guanidine groups is 1. The first-order valence-electron chi connectivity index (χ1n) is 5.01. The van der Waals surface area contributed by atoms with Gasteiger partial charge in [-0.25, -0.2) is 0 Å². The van der Waals surface area contributed by atoms with Crippen molar-refractivity contribution in [2.75, 3.05) is 26.3 Å². The molecule has 0 aromatic carbocycles. The van der Waals surface area contributed by atoms with Crippen molar-refractivity contribution >= 4 is 5.96 Å². The Morgan fingerprint density at radius 3 is 2.00 bits per heavy atom. The summed E-state index contributed by atoms with van der Waals surface area (Å²) in [6.07, 6.45) is 0.0905. The first-order chi connectivity index (χ1) is 6.69. The van der Waals surface area contributed by atoms with Gasteiger partial charge in [-0.3, -0.25) is 5.41 Å². The van der Waals surface area contributed by atoms with Crippen molar-refractivity contribution in [1.82, 2.24) is 4.90 Å². The number of ether oxygens (including phenoxy) is 2. The number of nitrogens with one attached hydrogen (secondary N) is 1. The quantitative estimate of drug-likeness (QED) is 0.496. The van der Waals surface area contributed by atoms with E-state index in [9.17, 15) is 0 Å². The highest BCUT2D eigenvalue weighted by atomic mass is 16.5. The molecule has 0 radical (unpaired) electrons. The van der Waals surface area contributed by atoms with Crippen molar-refractivity contribution in [3.05, 3.63) is 0 Å². The number of likely N-dealkylation sites (tertiary alicyclic amines) is 1. The fourth-order valence-corrected chi connectivity index (χ4v) is 1.69. The van der Waals surface area contributed by atoms with Gasteiger partial charge in [0.15, 0.2) is 5.96 Å². The molecule has 1 aliphatic rings. The minimum atomic E-state index is 0.0452. The van der Waals surface area contributed by atoms with E-state index in [4.69, 9.17) is 20.6 Å². The Morgan fingerprint density at radius 2 is 1.71 bits per heavy atom. The highest BCUT2D eigenvalue weighted by Gasteiger charge is 2.34. The molecule has 1 rings (SSSR count). The molecule has 14 heavy (non-hydrogen) atoms. The van der Waals surface area contributed by atoms with Crippen molar-refractivity contribution in [2.45, 2.75) is 26.1 Å². The van der Waals surface area contributed by atoms with Gasteiger partial charge in [-0.05, 0) is 13.8 Å². The van der Waals surface area contributed by atoms with Crippen molar-refractivity contribution in [1.29, 1.82) is 5.41 Å². The third-order valence-electron chi connectivity index (χ3n) is 2.32. The van der Waals surface area contributed by atoms with Crippen LogP contribution in [0.4, 0.5) is 0 Å². The normalized spacial score (nSPS) is 26.9. The molecule has 5 heteroatoms. The Balaban J connectivity index is 2.50. The van der Waals surface area contributed by atoms with Crippen LogP contribution in [0, 0.1) is 5.41 Å². The zero-order valence-corrected chi connectivity index (χ0v) is 8.82. The first-order valence-corrected chi connectivity index (χ1v) is 5.01. The standard InChI is InChI=1S/C9H19N3O2/c1-3-13-7-5-12(9(10)11)6-8(7)14-4-2/h7-8H,3-6H2,1-2H3,(H3,10,11)/t7-,8+. The summed E-state index contributed by atoms with van der Waals surface area (Å²) in [5.74, 6) is 0.0944. The SMILES string of the molecule is CCO[C@H]1CN(C(=N)N)C[C@H]1OCC. The zero-order valence-electron chi connectivity index (χ0n) is 8.82. The largest absolute Gasteiger partial charge is 0.374 e. The monoisotopic (exact) mass is 201 g/mol. The lowest BCUT2D eigenvalue weighted by molar-refractivity contribution is -0.0388. The van der Waals surface area contributed by atoms with E-state index < -0.39 is 0 Å². The molecule has 0 unspecified atom stereocenters. The lowest BCUT2D eigenvalue weighted by atomic mass is 10.2. The summed E-state index contributed by atoms with van der Waals surface area (Å²) in [5.41, 5.74) is 5.41.